The number of ether oxygens (including phenoxy) is 1. The number of thiazole rings is 1. The second kappa shape index (κ2) is 9.92. The van der Waals surface area contributed by atoms with Crippen LogP contribution < -0.4 is 10.1 Å². The molecular weight excluding hydrogens is 454 g/mol. The van der Waals surface area contributed by atoms with Crippen molar-refractivity contribution in [2.45, 2.75) is 18.7 Å². The number of anilines is 1. The van der Waals surface area contributed by atoms with Gasteiger partial charge in [-0.25, -0.2) is 9.97 Å². The number of amides is 1. The predicted molar refractivity (Wildman–Crippen MR) is 122 cm³/mol. The van der Waals surface area contributed by atoms with Gasteiger partial charge in [0, 0.05) is 22.8 Å². The first-order chi connectivity index (χ1) is 15.5. The Bertz CT molecular complexity index is 1180. The molecule has 2 heterocycles. The summed E-state index contributed by atoms with van der Waals surface area (Å²) in [5.74, 6) is 0.00565. The first kappa shape index (κ1) is 22.0. The molecule has 0 unspecified atom stereocenters. The molecule has 0 aliphatic heterocycles. The molecule has 1 amide bonds. The van der Waals surface area contributed by atoms with E-state index in [0.717, 1.165) is 16.8 Å². The van der Waals surface area contributed by atoms with Crippen LogP contribution in [-0.2, 0) is 4.79 Å². The van der Waals surface area contributed by atoms with Crippen LogP contribution in [-0.4, -0.2) is 32.8 Å². The Morgan fingerprint density at radius 1 is 1.16 bits per heavy atom. The summed E-state index contributed by atoms with van der Waals surface area (Å²) in [5, 5.41) is 5.66. The fourth-order valence-corrected chi connectivity index (χ4v) is 4.30. The van der Waals surface area contributed by atoms with Crippen molar-refractivity contribution in [3.05, 3.63) is 71.9 Å². The quantitative estimate of drug-likeness (QED) is 0.336. The van der Waals surface area contributed by atoms with E-state index in [4.69, 9.17) is 0 Å². The van der Waals surface area contributed by atoms with E-state index in [-0.39, 0.29) is 17.4 Å². The van der Waals surface area contributed by atoms with E-state index in [1.54, 1.807) is 29.9 Å². The van der Waals surface area contributed by atoms with Gasteiger partial charge in [0.1, 0.15) is 5.75 Å². The van der Waals surface area contributed by atoms with Crippen LogP contribution in [0.1, 0.15) is 5.56 Å². The summed E-state index contributed by atoms with van der Waals surface area (Å²) >= 11 is 2.61. The Balaban J connectivity index is 1.62. The number of carbonyl (C=O) groups excluding carboxylic acids is 1. The maximum absolute atomic E-state index is 12.5. The number of nitrogens with one attached hydrogen (secondary N) is 1. The summed E-state index contributed by atoms with van der Waals surface area (Å²) in [5.41, 5.74) is 3.59. The Kier molecular flexibility index (Phi) is 6.81. The maximum atomic E-state index is 12.5. The monoisotopic (exact) mass is 472 g/mol. The average molecular weight is 473 g/mol. The van der Waals surface area contributed by atoms with Crippen molar-refractivity contribution < 1.29 is 18.3 Å². The molecule has 2 aromatic heterocycles. The molecule has 10 heteroatoms. The first-order valence-electron chi connectivity index (χ1n) is 9.52. The number of hydrogen-bond donors (Lipinski definition) is 1. The third kappa shape index (κ3) is 5.32. The lowest BCUT2D eigenvalue weighted by molar-refractivity contribution is -0.113. The third-order valence-electron chi connectivity index (χ3n) is 4.41. The summed E-state index contributed by atoms with van der Waals surface area (Å²) in [4.78, 5) is 20.9. The number of hydrogen-bond acceptors (Lipinski definition) is 6. The second-order valence-electron chi connectivity index (χ2n) is 6.67. The van der Waals surface area contributed by atoms with Crippen molar-refractivity contribution in [1.29, 1.82) is 0 Å². The van der Waals surface area contributed by atoms with E-state index in [9.17, 15) is 13.6 Å². The van der Waals surface area contributed by atoms with Crippen LogP contribution in [0.5, 0.6) is 5.75 Å². The van der Waals surface area contributed by atoms with Gasteiger partial charge in [0.25, 0.3) is 0 Å². The summed E-state index contributed by atoms with van der Waals surface area (Å²) in [6.07, 6.45) is 3.35. The third-order valence-corrected chi connectivity index (χ3v) is 6.05. The average Bonchev–Trinajstić information content (AvgIpc) is 3.43. The molecular formula is C22H18F2N4O2S2. The second-order valence-corrected chi connectivity index (χ2v) is 8.51. The molecule has 0 spiro atoms. The van der Waals surface area contributed by atoms with E-state index in [1.807, 2.05) is 35.8 Å². The van der Waals surface area contributed by atoms with Crippen LogP contribution in [0.4, 0.5) is 13.9 Å². The van der Waals surface area contributed by atoms with E-state index >= 15 is 0 Å². The Labute approximate surface area is 191 Å². The van der Waals surface area contributed by atoms with Gasteiger partial charge in [0.15, 0.2) is 10.3 Å². The van der Waals surface area contributed by atoms with E-state index in [2.05, 4.69) is 20.0 Å². The molecule has 0 fully saturated rings. The standard InChI is InChI=1S/C22H18F2N4O2S2/c1-14-2-4-15(5-3-14)18-12-26-22(32-13-19(29)27-21-25-10-11-31-21)28(18)16-6-8-17(9-7-16)30-20(23)24/h2-12,20H,13H2,1H3,(H,25,27,29). The van der Waals surface area contributed by atoms with Crippen LogP contribution in [0, 0.1) is 6.92 Å². The topological polar surface area (TPSA) is 69.0 Å². The van der Waals surface area contributed by atoms with Gasteiger partial charge < -0.3 is 10.1 Å². The number of carbonyl (C=O) groups is 1. The fraction of sp³-hybridized carbons (Fsp3) is 0.136. The number of aromatic nitrogens is 3. The van der Waals surface area contributed by atoms with Gasteiger partial charge >= 0.3 is 6.61 Å². The zero-order valence-electron chi connectivity index (χ0n) is 16.9. The lowest BCUT2D eigenvalue weighted by atomic mass is 10.1. The van der Waals surface area contributed by atoms with Crippen LogP contribution in [0.25, 0.3) is 16.9 Å². The smallest absolute Gasteiger partial charge is 0.387 e. The number of aryl methyl sites for hydroxylation is 1. The van der Waals surface area contributed by atoms with Crippen LogP contribution in [0.15, 0.2) is 71.5 Å². The number of alkyl halides is 2. The molecule has 0 aliphatic rings. The zero-order valence-corrected chi connectivity index (χ0v) is 18.5. The normalized spacial score (nSPS) is 11.0. The number of halogens is 2. The molecule has 0 atom stereocenters. The number of nitrogens with zero attached hydrogens (tertiary/aromatic N) is 3. The molecule has 0 bridgehead atoms. The highest BCUT2D eigenvalue weighted by molar-refractivity contribution is 7.99. The van der Waals surface area contributed by atoms with Gasteiger partial charge in [-0.3, -0.25) is 9.36 Å². The molecule has 6 nitrogen and oxygen atoms in total. The fourth-order valence-electron chi connectivity index (χ4n) is 2.96. The molecule has 0 aliphatic carbocycles. The number of imidazole rings is 1. The number of rotatable bonds is 8. The molecule has 0 radical (unpaired) electrons. The first-order valence-corrected chi connectivity index (χ1v) is 11.4. The summed E-state index contributed by atoms with van der Waals surface area (Å²) in [6, 6.07) is 14.3. The van der Waals surface area contributed by atoms with E-state index < -0.39 is 6.61 Å². The molecule has 4 rings (SSSR count). The van der Waals surface area contributed by atoms with Crippen molar-refractivity contribution in [3.8, 4) is 22.7 Å². The van der Waals surface area contributed by atoms with Crippen molar-refractivity contribution in [2.24, 2.45) is 0 Å². The molecule has 164 valence electrons. The zero-order chi connectivity index (χ0) is 22.5. The Morgan fingerprint density at radius 2 is 1.91 bits per heavy atom. The number of thioether (sulfide) groups is 1. The van der Waals surface area contributed by atoms with Gasteiger partial charge in [-0.05, 0) is 31.2 Å². The highest BCUT2D eigenvalue weighted by Gasteiger charge is 2.16. The summed E-state index contributed by atoms with van der Waals surface area (Å²) in [7, 11) is 0. The molecule has 4 aromatic rings. The molecule has 32 heavy (non-hydrogen) atoms. The van der Waals surface area contributed by atoms with Crippen LogP contribution in [0.3, 0.4) is 0 Å². The Hall–Kier alpha value is -3.24. The lowest BCUT2D eigenvalue weighted by Gasteiger charge is -2.13. The van der Waals surface area contributed by atoms with Gasteiger partial charge in [-0.15, -0.1) is 11.3 Å². The molecule has 0 saturated carbocycles. The predicted octanol–water partition coefficient (Wildman–Crippen LogP) is 5.64. The van der Waals surface area contributed by atoms with Gasteiger partial charge in [0.2, 0.25) is 5.91 Å². The maximum Gasteiger partial charge on any atom is 0.387 e. The largest absolute Gasteiger partial charge is 0.435 e. The molecule has 2 aromatic carbocycles. The van der Waals surface area contributed by atoms with E-state index in [0.29, 0.717) is 16.0 Å². The number of benzene rings is 2. The van der Waals surface area contributed by atoms with Gasteiger partial charge in [-0.2, -0.15) is 8.78 Å². The van der Waals surface area contributed by atoms with Crippen molar-refractivity contribution >= 4 is 34.1 Å². The minimum atomic E-state index is -2.89. The lowest BCUT2D eigenvalue weighted by Crippen LogP contribution is -2.14. The summed E-state index contributed by atoms with van der Waals surface area (Å²) < 4.78 is 31.4. The van der Waals surface area contributed by atoms with Gasteiger partial charge in [-0.1, -0.05) is 41.6 Å². The summed E-state index contributed by atoms with van der Waals surface area (Å²) in [6.45, 7) is -0.884. The van der Waals surface area contributed by atoms with Crippen LogP contribution in [0.2, 0.25) is 0 Å². The van der Waals surface area contributed by atoms with Crippen molar-refractivity contribution in [3.63, 3.8) is 0 Å². The highest BCUT2D eigenvalue weighted by atomic mass is 32.2. The van der Waals surface area contributed by atoms with Crippen molar-refractivity contribution in [2.75, 3.05) is 11.1 Å². The van der Waals surface area contributed by atoms with Crippen LogP contribution >= 0.6 is 23.1 Å². The molecule has 0 saturated heterocycles. The minimum absolute atomic E-state index is 0.0674. The SMILES string of the molecule is Cc1ccc(-c2cnc(SCC(=O)Nc3nccs3)n2-c2ccc(OC(F)F)cc2)cc1. The minimum Gasteiger partial charge on any atom is -0.435 e. The van der Waals surface area contributed by atoms with Crippen molar-refractivity contribution in [1.82, 2.24) is 14.5 Å². The van der Waals surface area contributed by atoms with Gasteiger partial charge in [0.05, 0.1) is 17.6 Å². The Morgan fingerprint density at radius 3 is 2.56 bits per heavy atom. The highest BCUT2D eigenvalue weighted by Crippen LogP contribution is 2.31. The van der Waals surface area contributed by atoms with E-state index in [1.165, 1.54) is 35.2 Å². The molecule has 1 N–H and O–H groups in total.